The third-order valence-corrected chi connectivity index (χ3v) is 8.10. The van der Waals surface area contributed by atoms with E-state index < -0.39 is 7.60 Å². The van der Waals surface area contributed by atoms with Crippen LogP contribution in [0, 0.1) is 0 Å². The first-order valence-electron chi connectivity index (χ1n) is 10.7. The minimum Gasteiger partial charge on any atom is -0.324 e. The minimum absolute atomic E-state index is 0.287. The molecular formula is C20H43O3PS2. The van der Waals surface area contributed by atoms with Crippen LogP contribution in [0.4, 0.5) is 0 Å². The summed E-state index contributed by atoms with van der Waals surface area (Å²) in [6.07, 6.45) is 16.0. The summed E-state index contributed by atoms with van der Waals surface area (Å²) >= 11 is 3.62. The van der Waals surface area contributed by atoms with Crippen molar-refractivity contribution in [1.29, 1.82) is 0 Å². The Morgan fingerprint density at radius 1 is 0.692 bits per heavy atom. The molecule has 0 radical (unpaired) electrons. The first kappa shape index (κ1) is 26.9. The van der Waals surface area contributed by atoms with Crippen molar-refractivity contribution in [2.75, 3.05) is 35.8 Å². The van der Waals surface area contributed by atoms with Crippen LogP contribution < -0.4 is 0 Å². The van der Waals surface area contributed by atoms with Gasteiger partial charge in [0, 0.05) is 11.5 Å². The molecule has 0 aromatic rings. The van der Waals surface area contributed by atoms with Gasteiger partial charge in [-0.2, -0.15) is 23.5 Å². The molecular weight excluding hydrogens is 383 g/mol. The van der Waals surface area contributed by atoms with Gasteiger partial charge in [-0.3, -0.25) is 4.57 Å². The number of hydrogen-bond acceptors (Lipinski definition) is 4. The fraction of sp³-hybridized carbons (Fsp3) is 1.00. The van der Waals surface area contributed by atoms with Gasteiger partial charge in [-0.25, -0.2) is 0 Å². The quantitative estimate of drug-likeness (QED) is 0.153. The van der Waals surface area contributed by atoms with Crippen LogP contribution in [0.1, 0.15) is 90.9 Å². The van der Waals surface area contributed by atoms with Crippen LogP contribution in [0.3, 0.4) is 0 Å². The average Bonchev–Trinajstić information content (AvgIpc) is 2.62. The largest absolute Gasteiger partial charge is 0.328 e. The molecule has 26 heavy (non-hydrogen) atoms. The number of unbranched alkanes of at least 4 members (excludes halogenated alkanes) is 10. The molecule has 0 aromatic carbocycles. The van der Waals surface area contributed by atoms with Gasteiger partial charge in [0.05, 0.1) is 12.8 Å². The maximum atomic E-state index is 12.0. The van der Waals surface area contributed by atoms with E-state index in [1.54, 1.807) is 11.8 Å². The van der Waals surface area contributed by atoms with Gasteiger partial charge in [0.2, 0.25) is 0 Å². The molecule has 0 heterocycles. The third kappa shape index (κ3) is 21.2. The van der Waals surface area contributed by atoms with E-state index in [4.69, 9.17) is 4.52 Å². The summed E-state index contributed by atoms with van der Waals surface area (Å²) in [7, 11) is -3.37. The van der Waals surface area contributed by atoms with Gasteiger partial charge < -0.3 is 9.42 Å². The second-order valence-corrected chi connectivity index (χ2v) is 11.4. The van der Waals surface area contributed by atoms with E-state index in [1.165, 1.54) is 77.0 Å². The van der Waals surface area contributed by atoms with Crippen molar-refractivity contribution in [1.82, 2.24) is 0 Å². The lowest BCUT2D eigenvalue weighted by atomic mass is 10.1. The molecule has 0 spiro atoms. The lowest BCUT2D eigenvalue weighted by Gasteiger charge is -2.12. The monoisotopic (exact) mass is 426 g/mol. The molecule has 0 rings (SSSR count). The van der Waals surface area contributed by atoms with E-state index in [9.17, 15) is 9.46 Å². The van der Waals surface area contributed by atoms with Gasteiger partial charge in [0.15, 0.2) is 0 Å². The van der Waals surface area contributed by atoms with Crippen LogP contribution in [0.15, 0.2) is 0 Å². The highest BCUT2D eigenvalue weighted by Gasteiger charge is 2.18. The molecule has 0 aliphatic heterocycles. The fourth-order valence-electron chi connectivity index (χ4n) is 2.66. The first-order valence-corrected chi connectivity index (χ1v) is 14.8. The van der Waals surface area contributed by atoms with Gasteiger partial charge in [0.1, 0.15) is 0 Å². The maximum Gasteiger partial charge on any atom is 0.328 e. The van der Waals surface area contributed by atoms with Crippen LogP contribution in [0.5, 0.6) is 0 Å². The van der Waals surface area contributed by atoms with Crippen LogP contribution in [-0.2, 0) is 9.09 Å². The summed E-state index contributed by atoms with van der Waals surface area (Å²) in [6, 6.07) is 0. The van der Waals surface area contributed by atoms with Crippen molar-refractivity contribution in [3.05, 3.63) is 0 Å². The minimum atomic E-state index is -3.37. The molecule has 0 saturated carbocycles. The highest BCUT2D eigenvalue weighted by molar-refractivity contribution is 7.99. The van der Waals surface area contributed by atoms with Gasteiger partial charge >= 0.3 is 7.60 Å². The predicted octanol–water partition coefficient (Wildman–Crippen LogP) is 7.38. The maximum absolute atomic E-state index is 12.0. The van der Waals surface area contributed by atoms with Crippen molar-refractivity contribution in [3.63, 3.8) is 0 Å². The Balaban J connectivity index is 3.33. The van der Waals surface area contributed by atoms with E-state index in [0.717, 1.165) is 23.0 Å². The molecule has 1 unspecified atom stereocenters. The summed E-state index contributed by atoms with van der Waals surface area (Å²) in [5.74, 6) is 3.79. The van der Waals surface area contributed by atoms with Gasteiger partial charge in [-0.1, -0.05) is 78.1 Å². The van der Waals surface area contributed by atoms with E-state index in [-0.39, 0.29) is 6.16 Å². The zero-order valence-corrected chi connectivity index (χ0v) is 19.8. The van der Waals surface area contributed by atoms with Crippen LogP contribution in [0.25, 0.3) is 0 Å². The molecule has 0 aromatic heterocycles. The lowest BCUT2D eigenvalue weighted by Crippen LogP contribution is -2.01. The molecule has 0 fully saturated rings. The molecule has 158 valence electrons. The molecule has 0 aliphatic rings. The Morgan fingerprint density at radius 2 is 1.15 bits per heavy atom. The SMILES string of the molecule is CCCCCCCCSCCOP(=O)(O)CCSCCCCCCCC. The summed E-state index contributed by atoms with van der Waals surface area (Å²) in [5, 5.41) is 0. The Labute approximate surface area is 171 Å². The second kappa shape index (κ2) is 20.6. The number of hydrogen-bond donors (Lipinski definition) is 1. The van der Waals surface area contributed by atoms with E-state index in [2.05, 4.69) is 13.8 Å². The second-order valence-electron chi connectivity index (χ2n) is 6.95. The van der Waals surface area contributed by atoms with Crippen molar-refractivity contribution < 1.29 is 14.0 Å². The zero-order chi connectivity index (χ0) is 19.3. The average molecular weight is 427 g/mol. The molecule has 0 aliphatic carbocycles. The van der Waals surface area contributed by atoms with E-state index in [1.807, 2.05) is 11.8 Å². The normalized spacial score (nSPS) is 13.8. The summed E-state index contributed by atoms with van der Waals surface area (Å²) < 4.78 is 17.2. The van der Waals surface area contributed by atoms with Crippen LogP contribution >= 0.6 is 31.1 Å². The number of rotatable bonds is 21. The molecule has 0 bridgehead atoms. The first-order chi connectivity index (χ1) is 12.6. The fourth-order valence-corrected chi connectivity index (χ4v) is 6.15. The molecule has 1 atom stereocenters. The standard InChI is InChI=1S/C20H43O3PS2/c1-3-5-7-9-11-13-17-25-19-15-23-24(21,22)16-20-26-18-14-12-10-8-6-4-2/h3-20H2,1-2H3,(H,21,22). The highest BCUT2D eigenvalue weighted by atomic mass is 32.2. The Hall–Kier alpha value is 0.850. The Bertz CT molecular complexity index is 330. The van der Waals surface area contributed by atoms with E-state index >= 15 is 0 Å². The van der Waals surface area contributed by atoms with Gasteiger partial charge in [-0.05, 0) is 24.3 Å². The van der Waals surface area contributed by atoms with E-state index in [0.29, 0.717) is 6.61 Å². The third-order valence-electron chi connectivity index (χ3n) is 4.32. The Morgan fingerprint density at radius 3 is 1.69 bits per heavy atom. The van der Waals surface area contributed by atoms with Crippen LogP contribution in [0.2, 0.25) is 0 Å². The van der Waals surface area contributed by atoms with Crippen molar-refractivity contribution in [3.8, 4) is 0 Å². The molecule has 3 nitrogen and oxygen atoms in total. The lowest BCUT2D eigenvalue weighted by molar-refractivity contribution is 0.277. The molecule has 1 N–H and O–H groups in total. The zero-order valence-electron chi connectivity index (χ0n) is 17.3. The van der Waals surface area contributed by atoms with Crippen LogP contribution in [-0.4, -0.2) is 40.7 Å². The summed E-state index contributed by atoms with van der Waals surface area (Å²) in [6.45, 7) is 4.87. The van der Waals surface area contributed by atoms with Gasteiger partial charge in [0.25, 0.3) is 0 Å². The van der Waals surface area contributed by atoms with Crippen molar-refractivity contribution in [2.24, 2.45) is 0 Å². The molecule has 0 amide bonds. The van der Waals surface area contributed by atoms with Crippen molar-refractivity contribution in [2.45, 2.75) is 90.9 Å². The molecule has 0 saturated heterocycles. The van der Waals surface area contributed by atoms with Crippen molar-refractivity contribution >= 4 is 31.1 Å². The smallest absolute Gasteiger partial charge is 0.324 e. The summed E-state index contributed by atoms with van der Waals surface area (Å²) in [5.41, 5.74) is 0. The molecule has 6 heteroatoms. The number of thioether (sulfide) groups is 2. The highest BCUT2D eigenvalue weighted by Crippen LogP contribution is 2.42. The topological polar surface area (TPSA) is 46.5 Å². The summed E-state index contributed by atoms with van der Waals surface area (Å²) in [4.78, 5) is 9.85. The predicted molar refractivity (Wildman–Crippen MR) is 122 cm³/mol. The van der Waals surface area contributed by atoms with Gasteiger partial charge in [-0.15, -0.1) is 0 Å². The Kier molecular flexibility index (Phi) is 21.3.